The molecule has 0 radical (unpaired) electrons. The fraction of sp³-hybridized carbons (Fsp3) is 0.200. The van der Waals surface area contributed by atoms with E-state index in [9.17, 15) is 0 Å². The molecule has 0 heterocycles. The summed E-state index contributed by atoms with van der Waals surface area (Å²) in [5.41, 5.74) is 2.66. The Morgan fingerprint density at radius 1 is 1.38 bits per heavy atom. The van der Waals surface area contributed by atoms with Crippen molar-refractivity contribution in [3.05, 3.63) is 18.2 Å². The third-order valence-corrected chi connectivity index (χ3v) is 1.70. The van der Waals surface area contributed by atoms with Gasteiger partial charge in [0.25, 0.3) is 0 Å². The Hall–Kier alpha value is -1.64. The Kier molecular flexibility index (Phi) is 3.20. The molecule has 3 heteroatoms. The van der Waals surface area contributed by atoms with Gasteiger partial charge >= 0.3 is 0 Å². The van der Waals surface area contributed by atoms with Crippen LogP contribution in [0, 0.1) is 0 Å². The summed E-state index contributed by atoms with van der Waals surface area (Å²) in [6.45, 7) is 5.36. The lowest BCUT2D eigenvalue weighted by molar-refractivity contribution is 1.43. The van der Waals surface area contributed by atoms with Gasteiger partial charge in [-0.05, 0) is 31.8 Å². The summed E-state index contributed by atoms with van der Waals surface area (Å²) in [6, 6.07) is 5.77. The molecule has 68 valence electrons. The van der Waals surface area contributed by atoms with Gasteiger partial charge in [-0.1, -0.05) is 0 Å². The Morgan fingerprint density at radius 2 is 2.15 bits per heavy atom. The molecule has 1 rings (SSSR count). The predicted octanol–water partition coefficient (Wildman–Crippen LogP) is 2.78. The molecule has 0 saturated carbocycles. The number of rotatable bonds is 3. The number of hydrogen-bond donors (Lipinski definition) is 1. The predicted molar refractivity (Wildman–Crippen MR) is 59.0 cm³/mol. The van der Waals surface area contributed by atoms with Crippen molar-refractivity contribution in [2.45, 2.75) is 6.92 Å². The van der Waals surface area contributed by atoms with Crippen molar-refractivity contribution < 1.29 is 0 Å². The highest BCUT2D eigenvalue weighted by Crippen LogP contribution is 2.29. The number of benzene rings is 1. The smallest absolute Gasteiger partial charge is 0.0902 e. The van der Waals surface area contributed by atoms with E-state index in [0.29, 0.717) is 0 Å². The van der Waals surface area contributed by atoms with E-state index in [1.165, 1.54) is 0 Å². The second-order valence-electron chi connectivity index (χ2n) is 2.50. The van der Waals surface area contributed by atoms with Gasteiger partial charge in [0, 0.05) is 18.9 Å². The average Bonchev–Trinajstić information content (AvgIpc) is 2.18. The lowest BCUT2D eigenvalue weighted by Crippen LogP contribution is -1.86. The maximum absolute atomic E-state index is 4.19. The van der Waals surface area contributed by atoms with Gasteiger partial charge in [-0.2, -0.15) is 0 Å². The zero-order valence-corrected chi connectivity index (χ0v) is 7.91. The van der Waals surface area contributed by atoms with Crippen LogP contribution in [0.1, 0.15) is 6.92 Å². The van der Waals surface area contributed by atoms with Crippen LogP contribution in [0.15, 0.2) is 28.2 Å². The molecule has 0 aromatic heterocycles. The molecule has 0 atom stereocenters. The van der Waals surface area contributed by atoms with Crippen molar-refractivity contribution >= 4 is 30.0 Å². The third-order valence-electron chi connectivity index (χ3n) is 1.70. The Balaban J connectivity index is 3.17. The number of anilines is 1. The van der Waals surface area contributed by atoms with Gasteiger partial charge in [-0.25, -0.2) is 0 Å². The molecule has 3 nitrogen and oxygen atoms in total. The summed E-state index contributed by atoms with van der Waals surface area (Å²) in [5, 5.41) is 3.04. The Morgan fingerprint density at radius 3 is 2.69 bits per heavy atom. The van der Waals surface area contributed by atoms with Crippen LogP contribution in [0.3, 0.4) is 0 Å². The van der Waals surface area contributed by atoms with Crippen LogP contribution in [0.5, 0.6) is 0 Å². The molecule has 1 N–H and O–H groups in total. The highest BCUT2D eigenvalue weighted by atomic mass is 14.8. The molecule has 0 aliphatic carbocycles. The van der Waals surface area contributed by atoms with E-state index in [4.69, 9.17) is 0 Å². The van der Waals surface area contributed by atoms with Crippen molar-refractivity contribution in [2.75, 3.05) is 12.4 Å². The summed E-state index contributed by atoms with van der Waals surface area (Å²) >= 11 is 0. The molecular weight excluding hydrogens is 162 g/mol. The van der Waals surface area contributed by atoms with Crippen LogP contribution in [0.4, 0.5) is 17.1 Å². The highest BCUT2D eigenvalue weighted by molar-refractivity contribution is 5.74. The largest absolute Gasteiger partial charge is 0.388 e. The van der Waals surface area contributed by atoms with Crippen LogP contribution in [-0.2, 0) is 0 Å². The van der Waals surface area contributed by atoms with E-state index >= 15 is 0 Å². The van der Waals surface area contributed by atoms with Gasteiger partial charge in [0.2, 0.25) is 0 Å². The molecule has 1 aromatic rings. The fourth-order valence-corrected chi connectivity index (χ4v) is 1.06. The molecule has 0 bridgehead atoms. The summed E-state index contributed by atoms with van der Waals surface area (Å²) < 4.78 is 0. The Labute approximate surface area is 78.2 Å². The van der Waals surface area contributed by atoms with Gasteiger partial charge in [0.05, 0.1) is 11.4 Å². The molecular formula is C10H13N3. The molecule has 0 aliphatic rings. The Bertz CT molecular complexity index is 329. The fourth-order valence-electron chi connectivity index (χ4n) is 1.06. The standard InChI is InChI=1S/C10H13N3/c1-4-13-10-7-8(11-2)5-6-9(10)12-3/h4-7,11H,3H2,1-2H3. The minimum absolute atomic E-state index is 0.803. The van der Waals surface area contributed by atoms with Crippen molar-refractivity contribution in [2.24, 2.45) is 9.98 Å². The SMILES string of the molecule is C=Nc1ccc(NC)cc1N=CC. The van der Waals surface area contributed by atoms with Crippen LogP contribution in [0.2, 0.25) is 0 Å². The first-order chi connectivity index (χ1) is 6.31. The van der Waals surface area contributed by atoms with Crippen molar-refractivity contribution in [3.63, 3.8) is 0 Å². The molecule has 0 aliphatic heterocycles. The summed E-state index contributed by atoms with van der Waals surface area (Å²) in [5.74, 6) is 0. The van der Waals surface area contributed by atoms with E-state index in [-0.39, 0.29) is 0 Å². The maximum atomic E-state index is 4.19. The number of nitrogens with zero attached hydrogens (tertiary/aromatic N) is 2. The van der Waals surface area contributed by atoms with Gasteiger partial charge in [-0.3, -0.25) is 9.98 Å². The second kappa shape index (κ2) is 4.40. The molecule has 0 saturated heterocycles. The second-order valence-corrected chi connectivity index (χ2v) is 2.50. The van der Waals surface area contributed by atoms with E-state index in [2.05, 4.69) is 22.0 Å². The molecule has 0 fully saturated rings. The highest BCUT2D eigenvalue weighted by Gasteiger charge is 1.98. The normalized spacial score (nSPS) is 10.3. The van der Waals surface area contributed by atoms with E-state index in [1.54, 1.807) is 6.21 Å². The lowest BCUT2D eigenvalue weighted by atomic mass is 10.2. The van der Waals surface area contributed by atoms with E-state index in [1.807, 2.05) is 32.2 Å². The minimum atomic E-state index is 0.803. The van der Waals surface area contributed by atoms with Gasteiger partial charge < -0.3 is 5.32 Å². The monoisotopic (exact) mass is 175 g/mol. The lowest BCUT2D eigenvalue weighted by Gasteiger charge is -2.03. The minimum Gasteiger partial charge on any atom is -0.388 e. The number of hydrogen-bond acceptors (Lipinski definition) is 3. The van der Waals surface area contributed by atoms with Gasteiger partial charge in [-0.15, -0.1) is 0 Å². The van der Waals surface area contributed by atoms with Crippen molar-refractivity contribution in [1.82, 2.24) is 0 Å². The quantitative estimate of drug-likeness (QED) is 0.704. The average molecular weight is 175 g/mol. The molecule has 0 amide bonds. The zero-order valence-electron chi connectivity index (χ0n) is 7.91. The summed E-state index contributed by atoms with van der Waals surface area (Å²) in [6.07, 6.45) is 1.74. The maximum Gasteiger partial charge on any atom is 0.0902 e. The van der Waals surface area contributed by atoms with Crippen molar-refractivity contribution in [1.29, 1.82) is 0 Å². The topological polar surface area (TPSA) is 36.8 Å². The van der Waals surface area contributed by atoms with Gasteiger partial charge in [0.15, 0.2) is 0 Å². The van der Waals surface area contributed by atoms with Gasteiger partial charge in [0.1, 0.15) is 0 Å². The van der Waals surface area contributed by atoms with Crippen LogP contribution < -0.4 is 5.32 Å². The first-order valence-electron chi connectivity index (χ1n) is 4.09. The van der Waals surface area contributed by atoms with E-state index in [0.717, 1.165) is 17.1 Å². The third kappa shape index (κ3) is 2.15. The van der Waals surface area contributed by atoms with Crippen LogP contribution >= 0.6 is 0 Å². The van der Waals surface area contributed by atoms with E-state index < -0.39 is 0 Å². The van der Waals surface area contributed by atoms with Crippen LogP contribution in [-0.4, -0.2) is 20.0 Å². The molecule has 0 unspecified atom stereocenters. The first kappa shape index (κ1) is 9.45. The molecule has 13 heavy (non-hydrogen) atoms. The zero-order chi connectivity index (χ0) is 9.68. The van der Waals surface area contributed by atoms with Crippen molar-refractivity contribution in [3.8, 4) is 0 Å². The summed E-state index contributed by atoms with van der Waals surface area (Å²) in [4.78, 5) is 8.06. The summed E-state index contributed by atoms with van der Waals surface area (Å²) in [7, 11) is 1.87. The molecule has 0 spiro atoms. The number of nitrogens with one attached hydrogen (secondary N) is 1. The molecule has 1 aromatic carbocycles. The van der Waals surface area contributed by atoms with Crippen LogP contribution in [0.25, 0.3) is 0 Å². The first-order valence-corrected chi connectivity index (χ1v) is 4.09. The number of aliphatic imine (C=N–C) groups is 2.